The third-order valence-electron chi connectivity index (χ3n) is 2.77. The lowest BCUT2D eigenvalue weighted by atomic mass is 10.1. The summed E-state index contributed by atoms with van der Waals surface area (Å²) in [5, 5.41) is 20.3. The van der Waals surface area contributed by atoms with Crippen LogP contribution < -0.4 is 4.74 Å². The summed E-state index contributed by atoms with van der Waals surface area (Å²) in [6.45, 7) is 1.58. The van der Waals surface area contributed by atoms with E-state index >= 15 is 0 Å². The molecule has 1 unspecified atom stereocenters. The second-order valence-electron chi connectivity index (χ2n) is 4.33. The molecular weight excluding hydrogens is 345 g/mol. The first kappa shape index (κ1) is 15.4. The molecule has 0 radical (unpaired) electrons. The largest absolute Gasteiger partial charge is 0.457 e. The zero-order valence-corrected chi connectivity index (χ0v) is 12.5. The fourth-order valence-corrected chi connectivity index (χ4v) is 2.11. The average Bonchev–Trinajstić information content (AvgIpc) is 2.37. The molecule has 0 saturated carbocycles. The first-order valence-corrected chi connectivity index (χ1v) is 6.77. The lowest BCUT2D eigenvalue weighted by Crippen LogP contribution is -1.97. The van der Waals surface area contributed by atoms with Crippen LogP contribution >= 0.6 is 15.9 Å². The second-order valence-corrected chi connectivity index (χ2v) is 5.25. The van der Waals surface area contributed by atoms with Gasteiger partial charge in [0.25, 0.3) is 0 Å². The Morgan fingerprint density at radius 1 is 1.33 bits per heavy atom. The van der Waals surface area contributed by atoms with Crippen LogP contribution in [0.2, 0.25) is 0 Å². The van der Waals surface area contributed by atoms with Gasteiger partial charge in [0.2, 0.25) is 5.82 Å². The zero-order chi connectivity index (χ0) is 15.6. The minimum Gasteiger partial charge on any atom is -0.457 e. The Balaban J connectivity index is 2.36. The molecule has 1 N–H and O–H groups in total. The Morgan fingerprint density at radius 2 is 2.05 bits per heavy atom. The molecule has 7 heteroatoms. The molecule has 110 valence electrons. The predicted octanol–water partition coefficient (Wildman–Crippen LogP) is 4.34. The molecular formula is C14H11BrFNO4. The highest BCUT2D eigenvalue weighted by Crippen LogP contribution is 2.33. The number of hydrogen-bond donors (Lipinski definition) is 1. The molecule has 0 bridgehead atoms. The van der Waals surface area contributed by atoms with Crippen molar-refractivity contribution < 1.29 is 19.2 Å². The number of nitro benzene ring substituents is 1. The Morgan fingerprint density at radius 3 is 2.62 bits per heavy atom. The molecule has 2 aromatic rings. The maximum absolute atomic E-state index is 13.6. The summed E-state index contributed by atoms with van der Waals surface area (Å²) < 4.78 is 19.8. The normalized spacial score (nSPS) is 12.0. The minimum atomic E-state index is -0.980. The van der Waals surface area contributed by atoms with Crippen molar-refractivity contribution in [2.75, 3.05) is 0 Å². The summed E-state index contributed by atoms with van der Waals surface area (Å²) in [4.78, 5) is 9.76. The first-order valence-electron chi connectivity index (χ1n) is 5.98. The van der Waals surface area contributed by atoms with Crippen molar-refractivity contribution in [2.45, 2.75) is 13.0 Å². The van der Waals surface area contributed by atoms with Gasteiger partial charge >= 0.3 is 5.69 Å². The van der Waals surface area contributed by atoms with Gasteiger partial charge in [-0.3, -0.25) is 10.1 Å². The molecule has 21 heavy (non-hydrogen) atoms. The Labute approximate surface area is 128 Å². The van der Waals surface area contributed by atoms with E-state index in [-0.39, 0.29) is 5.75 Å². The van der Waals surface area contributed by atoms with Crippen LogP contribution in [0.4, 0.5) is 10.1 Å². The summed E-state index contributed by atoms with van der Waals surface area (Å²) in [5.74, 6) is -0.531. The van der Waals surface area contributed by atoms with Gasteiger partial charge in [0.15, 0.2) is 0 Å². The van der Waals surface area contributed by atoms with Crippen LogP contribution in [0.25, 0.3) is 0 Å². The molecule has 0 amide bonds. The first-order chi connectivity index (χ1) is 9.88. The fourth-order valence-electron chi connectivity index (χ4n) is 1.77. The molecule has 2 aromatic carbocycles. The van der Waals surface area contributed by atoms with Crippen molar-refractivity contribution in [1.82, 2.24) is 0 Å². The average molecular weight is 356 g/mol. The Kier molecular flexibility index (Phi) is 4.54. The molecule has 0 aromatic heterocycles. The maximum atomic E-state index is 13.6. The van der Waals surface area contributed by atoms with Gasteiger partial charge in [0.1, 0.15) is 11.5 Å². The molecule has 0 heterocycles. The number of rotatable bonds is 4. The lowest BCUT2D eigenvalue weighted by Gasteiger charge is -2.13. The van der Waals surface area contributed by atoms with E-state index in [1.807, 2.05) is 0 Å². The van der Waals surface area contributed by atoms with Crippen molar-refractivity contribution in [1.29, 1.82) is 0 Å². The van der Waals surface area contributed by atoms with E-state index in [2.05, 4.69) is 15.9 Å². The van der Waals surface area contributed by atoms with Crippen molar-refractivity contribution >= 4 is 21.6 Å². The second kappa shape index (κ2) is 6.19. The smallest absolute Gasteiger partial charge is 0.305 e. The summed E-state index contributed by atoms with van der Waals surface area (Å²) >= 11 is 3.28. The number of nitrogens with zero attached hydrogens (tertiary/aromatic N) is 1. The number of aliphatic hydroxyl groups excluding tert-OH is 1. The number of ether oxygens (including phenoxy) is 1. The van der Waals surface area contributed by atoms with Crippen LogP contribution in [0.1, 0.15) is 18.6 Å². The number of nitro groups is 1. The van der Waals surface area contributed by atoms with Gasteiger partial charge < -0.3 is 9.84 Å². The summed E-state index contributed by atoms with van der Waals surface area (Å²) in [7, 11) is 0. The van der Waals surface area contributed by atoms with Crippen LogP contribution in [0.5, 0.6) is 11.5 Å². The van der Waals surface area contributed by atoms with Crippen LogP contribution in [0.15, 0.2) is 40.9 Å². The van der Waals surface area contributed by atoms with Crippen LogP contribution in [0.3, 0.4) is 0 Å². The van der Waals surface area contributed by atoms with Crippen molar-refractivity contribution in [3.05, 3.63) is 62.4 Å². The van der Waals surface area contributed by atoms with E-state index < -0.39 is 22.5 Å². The standard InChI is InChI=1S/C14H11BrFNO4/c1-8(18)11-4-2-9(15)6-14(11)21-10-3-5-13(17(19)20)12(16)7-10/h2-8,18H,1H3. The maximum Gasteiger partial charge on any atom is 0.305 e. The van der Waals surface area contributed by atoms with E-state index in [1.54, 1.807) is 25.1 Å². The fraction of sp³-hybridized carbons (Fsp3) is 0.143. The third-order valence-corrected chi connectivity index (χ3v) is 3.26. The monoisotopic (exact) mass is 355 g/mol. The van der Waals surface area contributed by atoms with E-state index in [0.29, 0.717) is 11.3 Å². The topological polar surface area (TPSA) is 72.6 Å². The quantitative estimate of drug-likeness (QED) is 0.653. The van der Waals surface area contributed by atoms with Gasteiger partial charge in [-0.15, -0.1) is 0 Å². The number of aliphatic hydroxyl groups is 1. The molecule has 0 saturated heterocycles. The molecule has 0 fully saturated rings. The van der Waals surface area contributed by atoms with Gasteiger partial charge in [-0.1, -0.05) is 22.0 Å². The highest BCUT2D eigenvalue weighted by molar-refractivity contribution is 9.10. The van der Waals surface area contributed by atoms with Crippen molar-refractivity contribution in [3.8, 4) is 11.5 Å². The zero-order valence-electron chi connectivity index (χ0n) is 10.9. The van der Waals surface area contributed by atoms with Gasteiger partial charge in [-0.2, -0.15) is 4.39 Å². The van der Waals surface area contributed by atoms with Gasteiger partial charge in [-0.05, 0) is 25.1 Å². The van der Waals surface area contributed by atoms with Gasteiger partial charge in [-0.25, -0.2) is 0 Å². The number of hydrogen-bond acceptors (Lipinski definition) is 4. The lowest BCUT2D eigenvalue weighted by molar-refractivity contribution is -0.387. The minimum absolute atomic E-state index is 0.109. The number of benzene rings is 2. The summed E-state index contributed by atoms with van der Waals surface area (Å²) in [6.07, 6.45) is -0.768. The van der Waals surface area contributed by atoms with E-state index in [0.717, 1.165) is 16.6 Å². The highest BCUT2D eigenvalue weighted by atomic mass is 79.9. The Hall–Kier alpha value is -1.99. The molecule has 2 rings (SSSR count). The van der Waals surface area contributed by atoms with Crippen LogP contribution in [-0.4, -0.2) is 10.0 Å². The SMILES string of the molecule is CC(O)c1ccc(Br)cc1Oc1ccc([N+](=O)[O-])c(F)c1. The summed E-state index contributed by atoms with van der Waals surface area (Å²) in [5.41, 5.74) is -0.0932. The Bertz CT molecular complexity index is 691. The summed E-state index contributed by atoms with van der Waals surface area (Å²) in [6, 6.07) is 8.31. The van der Waals surface area contributed by atoms with Gasteiger partial charge in [0, 0.05) is 22.2 Å². The molecule has 0 spiro atoms. The van der Waals surface area contributed by atoms with E-state index in [4.69, 9.17) is 4.74 Å². The van der Waals surface area contributed by atoms with E-state index in [9.17, 15) is 19.6 Å². The third kappa shape index (κ3) is 3.56. The van der Waals surface area contributed by atoms with Crippen molar-refractivity contribution in [3.63, 3.8) is 0 Å². The molecule has 0 aliphatic carbocycles. The highest BCUT2D eigenvalue weighted by Gasteiger charge is 2.16. The van der Waals surface area contributed by atoms with Crippen LogP contribution in [0, 0.1) is 15.9 Å². The molecule has 5 nitrogen and oxygen atoms in total. The molecule has 0 aliphatic rings. The molecule has 1 atom stereocenters. The van der Waals surface area contributed by atoms with Crippen LogP contribution in [-0.2, 0) is 0 Å². The predicted molar refractivity (Wildman–Crippen MR) is 77.9 cm³/mol. The van der Waals surface area contributed by atoms with Crippen molar-refractivity contribution in [2.24, 2.45) is 0 Å². The molecule has 0 aliphatic heterocycles. The van der Waals surface area contributed by atoms with E-state index in [1.165, 1.54) is 6.07 Å². The number of halogens is 2. The van der Waals surface area contributed by atoms with Gasteiger partial charge in [0.05, 0.1) is 11.0 Å².